The van der Waals surface area contributed by atoms with Gasteiger partial charge in [0, 0.05) is 30.8 Å². The minimum Gasteiger partial charge on any atom is -0.497 e. The van der Waals surface area contributed by atoms with E-state index in [0.717, 1.165) is 36.6 Å². The van der Waals surface area contributed by atoms with Gasteiger partial charge in [-0.05, 0) is 43.2 Å². The van der Waals surface area contributed by atoms with Crippen molar-refractivity contribution in [1.82, 2.24) is 15.1 Å². The highest BCUT2D eigenvalue weighted by Gasteiger charge is 2.25. The first kappa shape index (κ1) is 15.6. The predicted octanol–water partition coefficient (Wildman–Crippen LogP) is 3.44. The molecule has 1 aliphatic rings. The van der Waals surface area contributed by atoms with Gasteiger partial charge in [0.1, 0.15) is 11.6 Å². The van der Waals surface area contributed by atoms with Crippen molar-refractivity contribution in [2.75, 3.05) is 25.1 Å². The van der Waals surface area contributed by atoms with Gasteiger partial charge in [0.05, 0.1) is 7.11 Å². The van der Waals surface area contributed by atoms with Gasteiger partial charge < -0.3 is 14.2 Å². The molecule has 0 aliphatic carbocycles. The van der Waals surface area contributed by atoms with Crippen LogP contribution < -0.4 is 9.64 Å². The van der Waals surface area contributed by atoms with Gasteiger partial charge in [0.15, 0.2) is 5.82 Å². The van der Waals surface area contributed by atoms with E-state index in [9.17, 15) is 0 Å². The minimum atomic E-state index is 0.502. The number of hydrogen-bond acceptors (Lipinski definition) is 6. The lowest BCUT2D eigenvalue weighted by molar-refractivity contribution is 0.414. The molecule has 1 saturated heterocycles. The van der Waals surface area contributed by atoms with Gasteiger partial charge in [-0.15, -0.1) is 0 Å². The second-order valence-electron chi connectivity index (χ2n) is 6.25. The summed E-state index contributed by atoms with van der Waals surface area (Å²) < 4.78 is 10.5. The van der Waals surface area contributed by atoms with Crippen LogP contribution in [0.2, 0.25) is 0 Å². The summed E-state index contributed by atoms with van der Waals surface area (Å²) in [5.74, 6) is 3.51. The van der Waals surface area contributed by atoms with Gasteiger partial charge in [0.25, 0.3) is 5.89 Å². The first-order chi connectivity index (χ1) is 12.2. The SMILES string of the molecule is COc1ccc(C2CCN(c3cc(-c4nc(C)no4)ccn3)C2)cc1. The molecule has 6 nitrogen and oxygen atoms in total. The van der Waals surface area contributed by atoms with E-state index < -0.39 is 0 Å². The number of rotatable bonds is 4. The van der Waals surface area contributed by atoms with Gasteiger partial charge in [-0.2, -0.15) is 4.98 Å². The Morgan fingerprint density at radius 2 is 2.04 bits per heavy atom. The van der Waals surface area contributed by atoms with Gasteiger partial charge in [-0.3, -0.25) is 0 Å². The van der Waals surface area contributed by atoms with Gasteiger partial charge >= 0.3 is 0 Å². The average Bonchev–Trinajstić information content (AvgIpc) is 3.31. The van der Waals surface area contributed by atoms with Gasteiger partial charge in [0.2, 0.25) is 0 Å². The number of benzene rings is 1. The second kappa shape index (κ2) is 6.55. The van der Waals surface area contributed by atoms with Crippen molar-refractivity contribution in [3.63, 3.8) is 0 Å². The topological polar surface area (TPSA) is 64.3 Å². The Balaban J connectivity index is 1.51. The Labute approximate surface area is 146 Å². The highest BCUT2D eigenvalue weighted by Crippen LogP contribution is 2.32. The van der Waals surface area contributed by atoms with Crippen LogP contribution in [-0.2, 0) is 0 Å². The largest absolute Gasteiger partial charge is 0.497 e. The number of aromatic nitrogens is 3. The van der Waals surface area contributed by atoms with Crippen molar-refractivity contribution in [2.45, 2.75) is 19.3 Å². The number of pyridine rings is 1. The fourth-order valence-electron chi connectivity index (χ4n) is 3.26. The van der Waals surface area contributed by atoms with Crippen LogP contribution in [0.5, 0.6) is 5.75 Å². The number of anilines is 1. The standard InChI is InChI=1S/C19H20N4O2/c1-13-21-19(25-22-13)15-7-9-20-18(11-15)23-10-8-16(12-23)14-3-5-17(24-2)6-4-14/h3-7,9,11,16H,8,10,12H2,1-2H3. The lowest BCUT2D eigenvalue weighted by Crippen LogP contribution is -2.20. The molecule has 25 heavy (non-hydrogen) atoms. The number of hydrogen-bond donors (Lipinski definition) is 0. The van der Waals surface area contributed by atoms with Crippen molar-refractivity contribution in [1.29, 1.82) is 0 Å². The highest BCUT2D eigenvalue weighted by molar-refractivity contribution is 5.59. The quantitative estimate of drug-likeness (QED) is 0.727. The van der Waals surface area contributed by atoms with Gasteiger partial charge in [-0.1, -0.05) is 17.3 Å². The maximum atomic E-state index is 5.26. The van der Waals surface area contributed by atoms with E-state index in [4.69, 9.17) is 9.26 Å². The van der Waals surface area contributed by atoms with Crippen LogP contribution in [0, 0.1) is 6.92 Å². The van der Waals surface area contributed by atoms with Crippen LogP contribution in [0.15, 0.2) is 47.1 Å². The fraction of sp³-hybridized carbons (Fsp3) is 0.316. The molecule has 1 unspecified atom stereocenters. The summed E-state index contributed by atoms with van der Waals surface area (Å²) >= 11 is 0. The molecule has 2 aromatic heterocycles. The molecule has 0 radical (unpaired) electrons. The molecule has 0 saturated carbocycles. The molecule has 3 aromatic rings. The van der Waals surface area contributed by atoms with Crippen LogP contribution in [0.4, 0.5) is 5.82 Å². The Kier molecular flexibility index (Phi) is 4.09. The van der Waals surface area contributed by atoms with E-state index in [1.807, 2.05) is 31.2 Å². The molecular formula is C19H20N4O2. The number of methoxy groups -OCH3 is 1. The van der Waals surface area contributed by atoms with Crippen molar-refractivity contribution in [2.24, 2.45) is 0 Å². The molecule has 4 rings (SSSR count). The maximum absolute atomic E-state index is 5.26. The lowest BCUT2D eigenvalue weighted by atomic mass is 9.98. The average molecular weight is 336 g/mol. The minimum absolute atomic E-state index is 0.502. The molecule has 128 valence electrons. The van der Waals surface area contributed by atoms with Crippen molar-refractivity contribution in [3.8, 4) is 17.2 Å². The first-order valence-corrected chi connectivity index (χ1v) is 8.38. The van der Waals surface area contributed by atoms with E-state index in [-0.39, 0.29) is 0 Å². The molecule has 1 aliphatic heterocycles. The zero-order valence-electron chi connectivity index (χ0n) is 14.3. The molecule has 0 N–H and O–H groups in total. The molecular weight excluding hydrogens is 316 g/mol. The third-order valence-electron chi connectivity index (χ3n) is 4.62. The zero-order valence-corrected chi connectivity index (χ0v) is 14.3. The zero-order chi connectivity index (χ0) is 17.2. The van der Waals surface area contributed by atoms with Gasteiger partial charge in [-0.25, -0.2) is 4.98 Å². The van der Waals surface area contributed by atoms with Crippen LogP contribution in [0.25, 0.3) is 11.5 Å². The van der Waals surface area contributed by atoms with Crippen molar-refractivity contribution in [3.05, 3.63) is 54.0 Å². The Hall–Kier alpha value is -2.89. The molecule has 0 amide bonds. The summed E-state index contributed by atoms with van der Waals surface area (Å²) in [7, 11) is 1.69. The lowest BCUT2D eigenvalue weighted by Gasteiger charge is -2.18. The van der Waals surface area contributed by atoms with E-state index in [0.29, 0.717) is 17.6 Å². The van der Waals surface area contributed by atoms with Crippen LogP contribution in [0.1, 0.15) is 23.7 Å². The Bertz CT molecular complexity index is 860. The molecule has 0 bridgehead atoms. The Morgan fingerprint density at radius 1 is 1.20 bits per heavy atom. The summed E-state index contributed by atoms with van der Waals surface area (Å²) in [6.45, 7) is 3.75. The van der Waals surface area contributed by atoms with Crippen LogP contribution >= 0.6 is 0 Å². The predicted molar refractivity (Wildman–Crippen MR) is 94.8 cm³/mol. The summed E-state index contributed by atoms with van der Waals surface area (Å²) in [5, 5.41) is 3.86. The molecule has 3 heterocycles. The highest BCUT2D eigenvalue weighted by atomic mass is 16.5. The molecule has 1 fully saturated rings. The monoisotopic (exact) mass is 336 g/mol. The number of aryl methyl sites for hydroxylation is 1. The molecule has 6 heteroatoms. The van der Waals surface area contributed by atoms with E-state index in [1.165, 1.54) is 5.56 Å². The van der Waals surface area contributed by atoms with Crippen LogP contribution in [-0.4, -0.2) is 35.3 Å². The first-order valence-electron chi connectivity index (χ1n) is 8.38. The van der Waals surface area contributed by atoms with Crippen molar-refractivity contribution >= 4 is 5.82 Å². The summed E-state index contributed by atoms with van der Waals surface area (Å²) in [6, 6.07) is 12.3. The van der Waals surface area contributed by atoms with E-state index in [1.54, 1.807) is 13.3 Å². The summed E-state index contributed by atoms with van der Waals surface area (Å²) in [5.41, 5.74) is 2.24. The normalized spacial score (nSPS) is 17.0. The summed E-state index contributed by atoms with van der Waals surface area (Å²) in [6.07, 6.45) is 2.91. The molecule has 1 aromatic carbocycles. The second-order valence-corrected chi connectivity index (χ2v) is 6.25. The number of nitrogens with zero attached hydrogens (tertiary/aromatic N) is 4. The smallest absolute Gasteiger partial charge is 0.258 e. The number of ether oxygens (including phenoxy) is 1. The third-order valence-corrected chi connectivity index (χ3v) is 4.62. The Morgan fingerprint density at radius 3 is 2.76 bits per heavy atom. The van der Waals surface area contributed by atoms with E-state index >= 15 is 0 Å². The fourth-order valence-corrected chi connectivity index (χ4v) is 3.26. The summed E-state index contributed by atoms with van der Waals surface area (Å²) in [4.78, 5) is 11.1. The van der Waals surface area contributed by atoms with Crippen LogP contribution in [0.3, 0.4) is 0 Å². The molecule has 1 atom stereocenters. The maximum Gasteiger partial charge on any atom is 0.258 e. The third kappa shape index (κ3) is 3.20. The van der Waals surface area contributed by atoms with Crippen molar-refractivity contribution < 1.29 is 9.26 Å². The van der Waals surface area contributed by atoms with E-state index in [2.05, 4.69) is 32.2 Å². The molecule has 0 spiro atoms.